The quantitative estimate of drug-likeness (QED) is 0.458. The topological polar surface area (TPSA) is 36.4 Å². The summed E-state index contributed by atoms with van der Waals surface area (Å²) in [5.41, 5.74) is 2.52. The van der Waals surface area contributed by atoms with E-state index in [0.717, 1.165) is 12.5 Å². The van der Waals surface area contributed by atoms with Crippen LogP contribution >= 0.6 is 24.0 Å². The molecule has 114 valence electrons. The molecule has 0 bridgehead atoms. The highest BCUT2D eigenvalue weighted by Gasteiger charge is 2.08. The van der Waals surface area contributed by atoms with Crippen LogP contribution in [0.25, 0.3) is 0 Å². The molecule has 0 saturated heterocycles. The summed E-state index contributed by atoms with van der Waals surface area (Å²) in [6.07, 6.45) is 0. The van der Waals surface area contributed by atoms with Gasteiger partial charge in [-0.25, -0.2) is 4.99 Å². The summed E-state index contributed by atoms with van der Waals surface area (Å²) in [5, 5.41) is 6.73. The fourth-order valence-corrected chi connectivity index (χ4v) is 1.68. The van der Waals surface area contributed by atoms with Crippen LogP contribution in [0.15, 0.2) is 29.3 Å². The van der Waals surface area contributed by atoms with Gasteiger partial charge >= 0.3 is 0 Å². The van der Waals surface area contributed by atoms with Crippen molar-refractivity contribution in [2.75, 3.05) is 6.54 Å². The average Bonchev–Trinajstić information content (AvgIpc) is 2.36. The number of guanidine groups is 1. The zero-order chi connectivity index (χ0) is 14.3. The second kappa shape index (κ2) is 10.0. The van der Waals surface area contributed by atoms with Crippen LogP contribution in [0.4, 0.5) is 0 Å². The molecular weight excluding hydrogens is 361 g/mol. The minimum Gasteiger partial charge on any atom is -0.357 e. The van der Waals surface area contributed by atoms with Crippen LogP contribution in [0, 0.1) is 12.8 Å². The van der Waals surface area contributed by atoms with Gasteiger partial charge < -0.3 is 10.6 Å². The predicted octanol–water partition coefficient (Wildman–Crippen LogP) is 3.71. The Morgan fingerprint density at radius 3 is 2.50 bits per heavy atom. The number of benzene rings is 1. The van der Waals surface area contributed by atoms with Gasteiger partial charge in [0.1, 0.15) is 0 Å². The van der Waals surface area contributed by atoms with Gasteiger partial charge in [0.2, 0.25) is 0 Å². The molecule has 4 heteroatoms. The Labute approximate surface area is 140 Å². The molecule has 1 atom stereocenters. The van der Waals surface area contributed by atoms with Gasteiger partial charge in [-0.2, -0.15) is 0 Å². The van der Waals surface area contributed by atoms with Gasteiger partial charge in [-0.15, -0.1) is 24.0 Å². The van der Waals surface area contributed by atoms with Gasteiger partial charge in [-0.3, -0.25) is 0 Å². The Morgan fingerprint density at radius 1 is 1.25 bits per heavy atom. The van der Waals surface area contributed by atoms with E-state index in [0.29, 0.717) is 18.5 Å². The van der Waals surface area contributed by atoms with E-state index < -0.39 is 0 Å². The van der Waals surface area contributed by atoms with Crippen molar-refractivity contribution < 1.29 is 0 Å². The highest BCUT2D eigenvalue weighted by Crippen LogP contribution is 2.05. The van der Waals surface area contributed by atoms with E-state index in [9.17, 15) is 0 Å². The Hall–Kier alpha value is -0.780. The minimum absolute atomic E-state index is 0. The Balaban J connectivity index is 0.00000361. The van der Waals surface area contributed by atoms with E-state index in [4.69, 9.17) is 0 Å². The second-order valence-corrected chi connectivity index (χ2v) is 5.36. The third kappa shape index (κ3) is 7.12. The number of aryl methyl sites for hydroxylation is 1. The number of aliphatic imine (C=N–C) groups is 1. The maximum atomic E-state index is 4.64. The summed E-state index contributed by atoms with van der Waals surface area (Å²) in [6, 6.07) is 8.90. The zero-order valence-corrected chi connectivity index (χ0v) is 15.6. The molecule has 0 saturated carbocycles. The van der Waals surface area contributed by atoms with Crippen molar-refractivity contribution in [3.63, 3.8) is 0 Å². The van der Waals surface area contributed by atoms with Crippen molar-refractivity contribution in [1.82, 2.24) is 10.6 Å². The summed E-state index contributed by atoms with van der Waals surface area (Å²) < 4.78 is 0. The van der Waals surface area contributed by atoms with Crippen molar-refractivity contribution in [3.8, 4) is 0 Å². The molecule has 0 radical (unpaired) electrons. The van der Waals surface area contributed by atoms with Crippen LogP contribution in [0.2, 0.25) is 0 Å². The lowest BCUT2D eigenvalue weighted by Gasteiger charge is -2.20. The van der Waals surface area contributed by atoms with Crippen LogP contribution in [-0.2, 0) is 6.54 Å². The molecule has 0 heterocycles. The van der Waals surface area contributed by atoms with E-state index in [-0.39, 0.29) is 24.0 Å². The average molecular weight is 389 g/mol. The fourth-order valence-electron chi connectivity index (χ4n) is 1.68. The maximum absolute atomic E-state index is 4.64. The third-order valence-corrected chi connectivity index (χ3v) is 3.21. The predicted molar refractivity (Wildman–Crippen MR) is 98.8 cm³/mol. The molecule has 0 aliphatic heterocycles. The summed E-state index contributed by atoms with van der Waals surface area (Å²) >= 11 is 0. The molecule has 1 aromatic carbocycles. The number of rotatable bonds is 5. The smallest absolute Gasteiger partial charge is 0.191 e. The van der Waals surface area contributed by atoms with Crippen molar-refractivity contribution in [1.29, 1.82) is 0 Å². The SMILES string of the molecule is CCNC(=NCc1cccc(C)c1)NC(C)C(C)C.I. The number of hydrogen-bond donors (Lipinski definition) is 2. The van der Waals surface area contributed by atoms with E-state index in [1.807, 2.05) is 0 Å². The van der Waals surface area contributed by atoms with E-state index >= 15 is 0 Å². The highest BCUT2D eigenvalue weighted by atomic mass is 127. The standard InChI is InChI=1S/C16H27N3.HI/c1-6-17-16(19-14(5)12(2)3)18-11-15-9-7-8-13(4)10-15;/h7-10,12,14H,6,11H2,1-5H3,(H2,17,18,19);1H. The highest BCUT2D eigenvalue weighted by molar-refractivity contribution is 14.0. The molecule has 0 fully saturated rings. The first kappa shape index (κ1) is 19.2. The van der Waals surface area contributed by atoms with Gasteiger partial charge in [0.15, 0.2) is 5.96 Å². The molecule has 20 heavy (non-hydrogen) atoms. The van der Waals surface area contributed by atoms with Gasteiger partial charge in [0.05, 0.1) is 6.54 Å². The van der Waals surface area contributed by atoms with Gasteiger partial charge in [-0.1, -0.05) is 43.7 Å². The molecule has 0 aromatic heterocycles. The number of halogens is 1. The van der Waals surface area contributed by atoms with Gasteiger partial charge in [0.25, 0.3) is 0 Å². The van der Waals surface area contributed by atoms with Crippen LogP contribution in [0.5, 0.6) is 0 Å². The molecule has 0 amide bonds. The summed E-state index contributed by atoms with van der Waals surface area (Å²) in [6.45, 7) is 12.4. The second-order valence-electron chi connectivity index (χ2n) is 5.36. The summed E-state index contributed by atoms with van der Waals surface area (Å²) in [5.74, 6) is 1.48. The van der Waals surface area contributed by atoms with Crippen LogP contribution < -0.4 is 10.6 Å². The molecule has 0 aliphatic carbocycles. The third-order valence-electron chi connectivity index (χ3n) is 3.21. The number of hydrogen-bond acceptors (Lipinski definition) is 1. The minimum atomic E-state index is 0. The van der Waals surface area contributed by atoms with E-state index in [2.05, 4.69) is 74.5 Å². The lowest BCUT2D eigenvalue weighted by molar-refractivity contribution is 0.481. The van der Waals surface area contributed by atoms with Gasteiger partial charge in [-0.05, 0) is 32.3 Å². The van der Waals surface area contributed by atoms with Crippen LogP contribution in [0.1, 0.15) is 38.8 Å². The molecule has 0 aliphatic rings. The normalized spacial score (nSPS) is 12.8. The monoisotopic (exact) mass is 389 g/mol. The lowest BCUT2D eigenvalue weighted by Crippen LogP contribution is -2.44. The van der Waals surface area contributed by atoms with Crippen LogP contribution in [0.3, 0.4) is 0 Å². The first-order valence-electron chi connectivity index (χ1n) is 7.13. The first-order chi connectivity index (χ1) is 9.02. The molecule has 0 spiro atoms. The van der Waals surface area contributed by atoms with Crippen molar-refractivity contribution >= 4 is 29.9 Å². The van der Waals surface area contributed by atoms with E-state index in [1.54, 1.807) is 0 Å². The summed E-state index contributed by atoms with van der Waals surface area (Å²) in [7, 11) is 0. The van der Waals surface area contributed by atoms with Crippen molar-refractivity contribution in [2.24, 2.45) is 10.9 Å². The molecule has 3 nitrogen and oxygen atoms in total. The van der Waals surface area contributed by atoms with Crippen LogP contribution in [-0.4, -0.2) is 18.5 Å². The molecule has 2 N–H and O–H groups in total. The molecule has 1 rings (SSSR count). The molecule has 1 aromatic rings. The Morgan fingerprint density at radius 2 is 1.95 bits per heavy atom. The molecular formula is C16H28IN3. The summed E-state index contributed by atoms with van der Waals surface area (Å²) in [4.78, 5) is 4.64. The Bertz CT molecular complexity index is 416. The van der Waals surface area contributed by atoms with Crippen molar-refractivity contribution in [3.05, 3.63) is 35.4 Å². The van der Waals surface area contributed by atoms with E-state index in [1.165, 1.54) is 11.1 Å². The van der Waals surface area contributed by atoms with Crippen molar-refractivity contribution in [2.45, 2.75) is 47.2 Å². The largest absolute Gasteiger partial charge is 0.357 e. The number of nitrogens with zero attached hydrogens (tertiary/aromatic N) is 1. The lowest BCUT2D eigenvalue weighted by atomic mass is 10.1. The van der Waals surface area contributed by atoms with Gasteiger partial charge in [0, 0.05) is 12.6 Å². The number of nitrogens with one attached hydrogen (secondary N) is 2. The first-order valence-corrected chi connectivity index (χ1v) is 7.13. The maximum Gasteiger partial charge on any atom is 0.191 e. The Kier molecular flexibility index (Phi) is 9.63. The fraction of sp³-hybridized carbons (Fsp3) is 0.562. The molecule has 1 unspecified atom stereocenters. The zero-order valence-electron chi connectivity index (χ0n) is 13.2.